The highest BCUT2D eigenvalue weighted by Gasteiger charge is 2.31. The molecule has 4 heteroatoms. The number of rotatable bonds is 2. The van der Waals surface area contributed by atoms with Crippen molar-refractivity contribution < 1.29 is 9.53 Å². The van der Waals surface area contributed by atoms with Gasteiger partial charge in [0, 0.05) is 18.6 Å². The van der Waals surface area contributed by atoms with Gasteiger partial charge in [-0.25, -0.2) is 4.79 Å². The van der Waals surface area contributed by atoms with E-state index in [1.54, 1.807) is 0 Å². The number of nitrogens with one attached hydrogen (secondary N) is 2. The average molecular weight is 254 g/mol. The minimum atomic E-state index is -0.408. The molecular weight excluding hydrogens is 228 g/mol. The molecule has 2 heterocycles. The van der Waals surface area contributed by atoms with Gasteiger partial charge in [-0.1, -0.05) is 6.42 Å². The number of amides is 1. The van der Waals surface area contributed by atoms with Gasteiger partial charge in [0.05, 0.1) is 0 Å². The van der Waals surface area contributed by atoms with Gasteiger partial charge >= 0.3 is 6.09 Å². The van der Waals surface area contributed by atoms with Crippen LogP contribution in [0.2, 0.25) is 0 Å². The number of alkyl carbamates (subject to hydrolysis) is 1. The van der Waals surface area contributed by atoms with E-state index < -0.39 is 5.60 Å². The lowest BCUT2D eigenvalue weighted by Gasteiger charge is -2.40. The van der Waals surface area contributed by atoms with Crippen molar-refractivity contribution >= 4 is 6.09 Å². The number of fused-ring (bicyclic) bond motifs is 2. The van der Waals surface area contributed by atoms with Crippen molar-refractivity contribution in [1.29, 1.82) is 0 Å². The molecule has 2 aliphatic heterocycles. The number of piperidine rings is 2. The van der Waals surface area contributed by atoms with Crippen molar-refractivity contribution in [1.82, 2.24) is 10.6 Å². The zero-order valence-electron chi connectivity index (χ0n) is 11.8. The van der Waals surface area contributed by atoms with Crippen LogP contribution in [-0.4, -0.2) is 30.3 Å². The molecule has 0 aromatic heterocycles. The van der Waals surface area contributed by atoms with Crippen molar-refractivity contribution in [3.8, 4) is 0 Å². The summed E-state index contributed by atoms with van der Waals surface area (Å²) < 4.78 is 5.26. The van der Waals surface area contributed by atoms with Crippen LogP contribution in [0.25, 0.3) is 0 Å². The maximum absolute atomic E-state index is 11.6. The molecule has 2 bridgehead atoms. The lowest BCUT2D eigenvalue weighted by Crippen LogP contribution is -2.50. The Kier molecular flexibility index (Phi) is 4.15. The standard InChI is InChI=1S/C14H26N2O2/c1-14(2,3)18-13(17)15-9-10-7-11-5-4-6-12(8-10)16-11/h10-12,16H,4-9H2,1-3H3,(H,15,17)/t11-,12-/m0/s1. The van der Waals surface area contributed by atoms with Crippen molar-refractivity contribution in [3.63, 3.8) is 0 Å². The fourth-order valence-corrected chi connectivity index (χ4v) is 3.09. The van der Waals surface area contributed by atoms with Gasteiger partial charge in [0.2, 0.25) is 0 Å². The Morgan fingerprint density at radius 3 is 2.44 bits per heavy atom. The van der Waals surface area contributed by atoms with Crippen LogP contribution in [-0.2, 0) is 4.74 Å². The molecule has 0 aromatic rings. The molecule has 2 aliphatic rings. The van der Waals surface area contributed by atoms with Crippen LogP contribution >= 0.6 is 0 Å². The summed E-state index contributed by atoms with van der Waals surface area (Å²) in [6.45, 7) is 6.42. The monoisotopic (exact) mass is 254 g/mol. The van der Waals surface area contributed by atoms with E-state index >= 15 is 0 Å². The molecule has 2 atom stereocenters. The summed E-state index contributed by atoms with van der Waals surface area (Å²) in [5.41, 5.74) is -0.408. The van der Waals surface area contributed by atoms with Crippen LogP contribution in [0, 0.1) is 5.92 Å². The summed E-state index contributed by atoms with van der Waals surface area (Å²) in [6, 6.07) is 1.34. The van der Waals surface area contributed by atoms with Crippen molar-refractivity contribution in [2.45, 2.75) is 70.6 Å². The zero-order valence-corrected chi connectivity index (χ0v) is 11.8. The van der Waals surface area contributed by atoms with E-state index in [0.717, 1.165) is 6.54 Å². The minimum absolute atomic E-state index is 0.286. The van der Waals surface area contributed by atoms with Gasteiger partial charge in [-0.2, -0.15) is 0 Å². The third-order valence-corrected chi connectivity index (χ3v) is 3.75. The molecule has 104 valence electrons. The van der Waals surface area contributed by atoms with Gasteiger partial charge in [0.1, 0.15) is 5.60 Å². The Morgan fingerprint density at radius 1 is 1.28 bits per heavy atom. The first-order valence-corrected chi connectivity index (χ1v) is 7.15. The summed E-state index contributed by atoms with van der Waals surface area (Å²) in [4.78, 5) is 11.6. The summed E-state index contributed by atoms with van der Waals surface area (Å²) in [5, 5.41) is 6.57. The summed E-state index contributed by atoms with van der Waals surface area (Å²) >= 11 is 0. The molecule has 0 unspecified atom stereocenters. The van der Waals surface area contributed by atoms with E-state index in [1.807, 2.05) is 20.8 Å². The number of carbonyl (C=O) groups excluding carboxylic acids is 1. The van der Waals surface area contributed by atoms with Crippen LogP contribution in [0.5, 0.6) is 0 Å². The maximum atomic E-state index is 11.6. The van der Waals surface area contributed by atoms with Gasteiger partial charge in [0.15, 0.2) is 0 Å². The van der Waals surface area contributed by atoms with E-state index in [1.165, 1.54) is 32.1 Å². The zero-order chi connectivity index (χ0) is 13.2. The molecule has 1 amide bonds. The van der Waals surface area contributed by atoms with Crippen LogP contribution in [0.4, 0.5) is 4.79 Å². The number of hydrogen-bond acceptors (Lipinski definition) is 3. The fourth-order valence-electron chi connectivity index (χ4n) is 3.09. The first kappa shape index (κ1) is 13.7. The predicted molar refractivity (Wildman–Crippen MR) is 71.5 cm³/mol. The summed E-state index contributed by atoms with van der Waals surface area (Å²) in [6.07, 6.45) is 6.03. The number of carbonyl (C=O) groups is 1. The largest absolute Gasteiger partial charge is 0.444 e. The van der Waals surface area contributed by atoms with Crippen LogP contribution in [0.15, 0.2) is 0 Å². The Morgan fingerprint density at radius 2 is 1.89 bits per heavy atom. The van der Waals surface area contributed by atoms with E-state index in [2.05, 4.69) is 10.6 Å². The highest BCUT2D eigenvalue weighted by molar-refractivity contribution is 5.67. The Balaban J connectivity index is 1.72. The quantitative estimate of drug-likeness (QED) is 0.795. The third-order valence-electron chi connectivity index (χ3n) is 3.75. The molecule has 0 aliphatic carbocycles. The Bertz CT molecular complexity index is 287. The van der Waals surface area contributed by atoms with Gasteiger partial charge in [0.25, 0.3) is 0 Å². The maximum Gasteiger partial charge on any atom is 0.407 e. The van der Waals surface area contributed by atoms with Gasteiger partial charge in [-0.05, 0) is 52.4 Å². The molecule has 0 saturated carbocycles. The molecule has 18 heavy (non-hydrogen) atoms. The predicted octanol–water partition coefficient (Wildman–Crippen LogP) is 2.43. The molecule has 0 spiro atoms. The minimum Gasteiger partial charge on any atom is -0.444 e. The van der Waals surface area contributed by atoms with Gasteiger partial charge in [-0.3, -0.25) is 0 Å². The first-order chi connectivity index (χ1) is 8.42. The normalized spacial score (nSPS) is 31.8. The molecule has 2 rings (SSSR count). The van der Waals surface area contributed by atoms with Gasteiger partial charge < -0.3 is 15.4 Å². The lowest BCUT2D eigenvalue weighted by atomic mass is 9.80. The summed E-state index contributed by atoms with van der Waals surface area (Å²) in [7, 11) is 0. The van der Waals surface area contributed by atoms with E-state index in [9.17, 15) is 4.79 Å². The second kappa shape index (κ2) is 5.47. The van der Waals surface area contributed by atoms with Crippen LogP contribution in [0.1, 0.15) is 52.9 Å². The van der Waals surface area contributed by atoms with Crippen LogP contribution < -0.4 is 10.6 Å². The summed E-state index contributed by atoms with van der Waals surface area (Å²) in [5.74, 6) is 0.606. The van der Waals surface area contributed by atoms with Crippen molar-refractivity contribution in [2.24, 2.45) is 5.92 Å². The van der Waals surface area contributed by atoms with Crippen molar-refractivity contribution in [3.05, 3.63) is 0 Å². The smallest absolute Gasteiger partial charge is 0.407 e. The number of hydrogen-bond donors (Lipinski definition) is 2. The van der Waals surface area contributed by atoms with E-state index in [0.29, 0.717) is 18.0 Å². The molecule has 0 radical (unpaired) electrons. The Labute approximate surface area is 110 Å². The first-order valence-electron chi connectivity index (χ1n) is 7.15. The molecular formula is C14H26N2O2. The highest BCUT2D eigenvalue weighted by Crippen LogP contribution is 2.29. The van der Waals surface area contributed by atoms with E-state index in [-0.39, 0.29) is 6.09 Å². The Hall–Kier alpha value is -0.770. The molecule has 4 nitrogen and oxygen atoms in total. The molecule has 2 N–H and O–H groups in total. The van der Waals surface area contributed by atoms with Gasteiger partial charge in [-0.15, -0.1) is 0 Å². The van der Waals surface area contributed by atoms with Crippen molar-refractivity contribution in [2.75, 3.05) is 6.54 Å². The molecule has 2 fully saturated rings. The van der Waals surface area contributed by atoms with E-state index in [4.69, 9.17) is 4.74 Å². The molecule has 2 saturated heterocycles. The fraction of sp³-hybridized carbons (Fsp3) is 0.929. The topological polar surface area (TPSA) is 50.4 Å². The lowest BCUT2D eigenvalue weighted by molar-refractivity contribution is 0.0507. The SMILES string of the molecule is CC(C)(C)OC(=O)NCC1C[C@@H]2CCC[C@@H](C1)N2. The average Bonchev–Trinajstić information content (AvgIpc) is 2.23. The third kappa shape index (κ3) is 4.16. The van der Waals surface area contributed by atoms with Crippen LogP contribution in [0.3, 0.4) is 0 Å². The number of ether oxygens (including phenoxy) is 1. The second-order valence-electron chi connectivity index (χ2n) is 6.71. The highest BCUT2D eigenvalue weighted by atomic mass is 16.6. The molecule has 0 aromatic carbocycles. The second-order valence-corrected chi connectivity index (χ2v) is 6.71.